The van der Waals surface area contributed by atoms with E-state index >= 15 is 0 Å². The minimum absolute atomic E-state index is 0.973. The molecule has 0 spiro atoms. The fraction of sp³-hybridized carbons (Fsp3) is 0.200. The molecule has 0 saturated carbocycles. The highest BCUT2D eigenvalue weighted by atomic mass is 35.7. The van der Waals surface area contributed by atoms with E-state index < -0.39 is 10.2 Å². The van der Waals surface area contributed by atoms with Crippen molar-refractivity contribution in [3.05, 3.63) is 71.3 Å². The number of aromatic nitrogens is 4. The Balaban J connectivity index is 0.000000170. The zero-order valence-electron chi connectivity index (χ0n) is 16.5. The molecule has 9 heteroatoms. The molecule has 0 bridgehead atoms. The Kier molecular flexibility index (Phi) is 7.49. The lowest BCUT2D eigenvalue weighted by Crippen LogP contribution is -2.58. The molecular weight excluding hydrogens is 396 g/mol. The normalized spacial score (nSPS) is 10.8. The molecule has 0 aliphatic heterocycles. The minimum atomic E-state index is -4.69. The molecule has 0 unspecified atom stereocenters. The van der Waals surface area contributed by atoms with Gasteiger partial charge in [0.1, 0.15) is 0 Å². The van der Waals surface area contributed by atoms with Crippen LogP contribution in [0, 0.1) is 37.9 Å². The van der Waals surface area contributed by atoms with Crippen LogP contribution in [0.2, 0.25) is 0 Å². The van der Waals surface area contributed by atoms with Gasteiger partial charge in [0.15, 0.2) is 0 Å². The van der Waals surface area contributed by atoms with E-state index in [1.54, 1.807) is 0 Å². The van der Waals surface area contributed by atoms with Crippen LogP contribution in [0.5, 0.6) is 0 Å². The highest BCUT2D eigenvalue weighted by Crippen LogP contribution is 2.11. The second kappa shape index (κ2) is 9.64. The monoisotopic (exact) mass is 416 g/mol. The molecule has 0 amide bonds. The summed E-state index contributed by atoms with van der Waals surface area (Å²) >= 11 is 0. The van der Waals surface area contributed by atoms with Crippen LogP contribution in [0.3, 0.4) is 0 Å². The summed E-state index contributed by atoms with van der Waals surface area (Å²) in [6.45, 7) is 7.92. The van der Waals surface area contributed by atoms with Crippen LogP contribution in [0.25, 0.3) is 22.1 Å². The van der Waals surface area contributed by atoms with Crippen LogP contribution in [0.15, 0.2) is 48.5 Å². The van der Waals surface area contributed by atoms with Gasteiger partial charge in [-0.15, -0.1) is 0 Å². The summed E-state index contributed by atoms with van der Waals surface area (Å²) in [7, 11) is -4.69. The number of fused-ring (bicyclic) bond motifs is 2. The van der Waals surface area contributed by atoms with Gasteiger partial charge in [0.2, 0.25) is 0 Å². The van der Waals surface area contributed by atoms with Crippen molar-refractivity contribution in [2.45, 2.75) is 27.7 Å². The van der Waals surface area contributed by atoms with Crippen LogP contribution >= 0.6 is 0 Å². The Morgan fingerprint density at radius 2 is 0.724 bits per heavy atom. The summed E-state index contributed by atoms with van der Waals surface area (Å²) in [6, 6.07) is 15.8. The van der Waals surface area contributed by atoms with Crippen LogP contribution in [-0.2, 0) is 0 Å². The van der Waals surface area contributed by atoms with Crippen molar-refractivity contribution in [3.63, 3.8) is 0 Å². The molecule has 4 aromatic rings. The van der Waals surface area contributed by atoms with Gasteiger partial charge < -0.3 is 0 Å². The fourth-order valence-electron chi connectivity index (χ4n) is 2.35. The first-order valence-corrected chi connectivity index (χ1v) is 9.84. The van der Waals surface area contributed by atoms with Crippen molar-refractivity contribution >= 4 is 22.1 Å². The molecule has 2 heterocycles. The van der Waals surface area contributed by atoms with Gasteiger partial charge in [0, 0.05) is 0 Å². The maximum absolute atomic E-state index is 8.60. The first-order chi connectivity index (χ1) is 13.5. The minimum Gasteiger partial charge on any atom is -0.250 e. The van der Waals surface area contributed by atoms with Gasteiger partial charge in [-0.1, -0.05) is 24.3 Å². The van der Waals surface area contributed by atoms with Crippen molar-refractivity contribution in [1.29, 1.82) is 0 Å². The Morgan fingerprint density at radius 3 is 0.897 bits per heavy atom. The average molecular weight is 417 g/mol. The van der Waals surface area contributed by atoms with Crippen LogP contribution in [0.1, 0.15) is 22.8 Å². The number of aryl methyl sites for hydroxylation is 4. The second-order valence-corrected chi connectivity index (χ2v) is 6.95. The first kappa shape index (κ1) is 22.5. The standard InChI is InChI=1S/2C10H10N2.ClHO4/c2*1-7-8(2)12-10-6-4-3-5-9(10)11-7;2-1(3,4)5/h2*3-6H,1-2H3;(H,2,3,4,5). The zero-order valence-corrected chi connectivity index (χ0v) is 17.2. The maximum Gasteiger partial charge on any atom is 0.0890 e. The lowest BCUT2D eigenvalue weighted by molar-refractivity contribution is -1.92. The van der Waals surface area contributed by atoms with E-state index in [0.29, 0.717) is 0 Å². The number of hydrogen-bond acceptors (Lipinski definition) is 8. The molecule has 152 valence electrons. The van der Waals surface area contributed by atoms with Gasteiger partial charge in [0.25, 0.3) is 0 Å². The Hall–Kier alpha value is -2.75. The lowest BCUT2D eigenvalue weighted by atomic mass is 10.2. The number of rotatable bonds is 0. The highest BCUT2D eigenvalue weighted by molar-refractivity contribution is 5.74. The molecule has 4 rings (SSSR count). The van der Waals surface area contributed by atoms with Gasteiger partial charge in [-0.25, -0.2) is 19.9 Å². The topological polar surface area (TPSA) is 141 Å². The molecule has 0 atom stereocenters. The van der Waals surface area contributed by atoms with Gasteiger partial charge in [0.05, 0.1) is 59.7 Å². The smallest absolute Gasteiger partial charge is 0.0890 e. The van der Waals surface area contributed by atoms with Gasteiger partial charge in [-0.2, -0.15) is 14.0 Å². The number of halogens is 1. The number of benzene rings is 2. The van der Waals surface area contributed by atoms with Crippen molar-refractivity contribution in [1.82, 2.24) is 19.9 Å². The average Bonchev–Trinajstić information content (AvgIpc) is 2.63. The zero-order chi connectivity index (χ0) is 21.6. The van der Waals surface area contributed by atoms with Crippen molar-refractivity contribution < 1.29 is 28.9 Å². The highest BCUT2D eigenvalue weighted by Gasteiger charge is 2.00. The number of hydrogen-bond donors (Lipinski definition) is 1. The maximum atomic E-state index is 8.60. The van der Waals surface area contributed by atoms with E-state index in [1.807, 2.05) is 76.2 Å². The van der Waals surface area contributed by atoms with Crippen LogP contribution < -0.4 is 14.0 Å². The molecule has 0 radical (unpaired) electrons. The summed E-state index contributed by atoms with van der Waals surface area (Å²) in [5, 5.41) is 0. The Labute approximate surface area is 170 Å². The summed E-state index contributed by atoms with van der Waals surface area (Å²) in [5.41, 5.74) is 7.92. The molecule has 0 aliphatic carbocycles. The Bertz CT molecular complexity index is 946. The van der Waals surface area contributed by atoms with Gasteiger partial charge in [-0.05, 0) is 52.0 Å². The van der Waals surface area contributed by atoms with Gasteiger partial charge >= 0.3 is 0 Å². The molecule has 2 aromatic carbocycles. The van der Waals surface area contributed by atoms with E-state index in [1.165, 1.54) is 0 Å². The van der Waals surface area contributed by atoms with Crippen LogP contribution in [0.4, 0.5) is 0 Å². The summed E-state index contributed by atoms with van der Waals surface area (Å²) in [4.78, 5) is 17.7. The number of para-hydroxylation sites is 4. The van der Waals surface area contributed by atoms with Crippen molar-refractivity contribution in [3.8, 4) is 0 Å². The molecule has 2 aromatic heterocycles. The van der Waals surface area contributed by atoms with Crippen molar-refractivity contribution in [2.24, 2.45) is 0 Å². The lowest BCUT2D eigenvalue weighted by Gasteiger charge is -2.03. The molecule has 0 aliphatic rings. The van der Waals surface area contributed by atoms with E-state index in [0.717, 1.165) is 44.8 Å². The van der Waals surface area contributed by atoms with Gasteiger partial charge in [-0.3, -0.25) is 0 Å². The quantitative estimate of drug-likeness (QED) is 0.433. The first-order valence-electron chi connectivity index (χ1n) is 8.58. The third-order valence-corrected chi connectivity index (χ3v) is 3.96. The Morgan fingerprint density at radius 1 is 0.552 bits per heavy atom. The molecular formula is C20H21ClN4O4. The predicted molar refractivity (Wildman–Crippen MR) is 100 cm³/mol. The third kappa shape index (κ3) is 7.30. The molecule has 8 nitrogen and oxygen atoms in total. The van der Waals surface area contributed by atoms with Crippen molar-refractivity contribution in [2.75, 3.05) is 0 Å². The van der Waals surface area contributed by atoms with E-state index in [-0.39, 0.29) is 0 Å². The molecule has 29 heavy (non-hydrogen) atoms. The van der Waals surface area contributed by atoms with E-state index in [9.17, 15) is 0 Å². The summed E-state index contributed by atoms with van der Waals surface area (Å²) in [6.07, 6.45) is 0. The largest absolute Gasteiger partial charge is 0.250 e. The molecule has 0 saturated heterocycles. The molecule has 0 fully saturated rings. The van der Waals surface area contributed by atoms with E-state index in [4.69, 9.17) is 18.6 Å². The molecule has 1 N–H and O–H groups in total. The SMILES string of the molecule is Cc1nc2ccccc2nc1C.Cc1nc2ccccc2nc1C.[O-][Cl+3]([O-])([O-])O. The summed E-state index contributed by atoms with van der Waals surface area (Å²) in [5.74, 6) is 0. The fourth-order valence-corrected chi connectivity index (χ4v) is 2.35. The van der Waals surface area contributed by atoms with Crippen LogP contribution in [-0.4, -0.2) is 24.6 Å². The number of nitrogens with zero attached hydrogens (tertiary/aromatic N) is 4. The van der Waals surface area contributed by atoms with E-state index in [2.05, 4.69) is 19.9 Å². The summed E-state index contributed by atoms with van der Waals surface area (Å²) < 4.78 is 32.7. The third-order valence-electron chi connectivity index (χ3n) is 3.96. The second-order valence-electron chi connectivity index (χ2n) is 6.16. The predicted octanol–water partition coefficient (Wildman–Crippen LogP) is 0.369.